The maximum absolute atomic E-state index is 15.6. The third-order valence-corrected chi connectivity index (χ3v) is 9.03. The molecule has 0 heterocycles. The Labute approximate surface area is 285 Å². The molecule has 3 atom stereocenters. The van der Waals surface area contributed by atoms with Crippen LogP contribution in [-0.4, -0.2) is 58.7 Å². The van der Waals surface area contributed by atoms with E-state index >= 15 is 4.39 Å². The molecule has 0 aliphatic rings. The minimum Gasteiger partial charge on any atom is -0.459 e. The number of halogens is 8. The number of carbonyl (C=O) groups is 2. The van der Waals surface area contributed by atoms with E-state index in [-0.39, 0.29) is 41.3 Å². The number of ether oxygens (including phenoxy) is 2. The minimum atomic E-state index is -4.96. The van der Waals surface area contributed by atoms with Gasteiger partial charge in [0.1, 0.15) is 18.6 Å². The minimum absolute atomic E-state index is 0.0767. The molecule has 0 radical (unpaired) electrons. The summed E-state index contributed by atoms with van der Waals surface area (Å²) in [4.78, 5) is 29.8. The average Bonchev–Trinajstić information content (AvgIpc) is 2.94. The highest BCUT2D eigenvalue weighted by Gasteiger charge is 2.40. The molecule has 0 N–H and O–H groups in total. The van der Waals surface area contributed by atoms with Gasteiger partial charge in [0.25, 0.3) is 10.1 Å². The number of benzene rings is 3. The number of esters is 2. The molecule has 0 spiro atoms. The maximum atomic E-state index is 15.6. The van der Waals surface area contributed by atoms with Crippen LogP contribution in [0.15, 0.2) is 58.6 Å². The lowest BCUT2D eigenvalue weighted by Crippen LogP contribution is -2.45. The highest BCUT2D eigenvalue weighted by atomic mass is 35.5. The van der Waals surface area contributed by atoms with E-state index in [1.54, 1.807) is 0 Å². The van der Waals surface area contributed by atoms with Crippen molar-refractivity contribution >= 4 is 109 Å². The van der Waals surface area contributed by atoms with Gasteiger partial charge in [-0.15, -0.1) is 0 Å². The van der Waals surface area contributed by atoms with Crippen molar-refractivity contribution < 1.29 is 40.9 Å². The zero-order valence-corrected chi connectivity index (χ0v) is 27.9. The van der Waals surface area contributed by atoms with Crippen LogP contribution in [0.2, 0.25) is 35.2 Å². The van der Waals surface area contributed by atoms with Crippen molar-refractivity contribution in [2.45, 2.75) is 23.3 Å². The molecule has 236 valence electrons. The summed E-state index contributed by atoms with van der Waals surface area (Å²) in [6, 6.07) is 9.45. The topological polar surface area (TPSA) is 118 Å². The second-order valence-electron chi connectivity index (χ2n) is 8.38. The number of hydrogen-bond donors (Lipinski definition) is 0. The van der Waals surface area contributed by atoms with Crippen molar-refractivity contribution in [3.05, 3.63) is 94.8 Å². The van der Waals surface area contributed by atoms with Crippen molar-refractivity contribution in [2.24, 2.45) is 5.16 Å². The molecule has 0 aliphatic heterocycles. The van der Waals surface area contributed by atoms with E-state index in [1.165, 1.54) is 36.4 Å². The molecule has 0 bridgehead atoms. The molecule has 3 rings (SSSR count). The zero-order valence-electron chi connectivity index (χ0n) is 21.8. The SMILES string of the molecule is CO/N=C\[C@@H](F)[C@H](OC(=O)c1ccc(Cl)cc1Cl)[C@@H](COC(=O)c1ccc(Cl)cc1Cl)OS(=O)(=O)c1cc(Cl)c(Cl)cc1Cl. The fourth-order valence-electron chi connectivity index (χ4n) is 3.37. The zero-order chi connectivity index (χ0) is 32.8. The fraction of sp³-hybridized carbons (Fsp3) is 0.192. The van der Waals surface area contributed by atoms with Crippen molar-refractivity contribution in [1.82, 2.24) is 0 Å². The molecule has 0 amide bonds. The normalized spacial score (nSPS) is 13.8. The van der Waals surface area contributed by atoms with Crippen molar-refractivity contribution in [1.29, 1.82) is 0 Å². The van der Waals surface area contributed by atoms with Gasteiger partial charge in [-0.05, 0) is 48.5 Å². The summed E-state index contributed by atoms with van der Waals surface area (Å²) >= 11 is 41.9. The van der Waals surface area contributed by atoms with Crippen LogP contribution in [0.4, 0.5) is 4.39 Å². The van der Waals surface area contributed by atoms with Gasteiger partial charge in [0, 0.05) is 10.0 Å². The molecule has 3 aromatic rings. The summed E-state index contributed by atoms with van der Waals surface area (Å²) in [6.07, 6.45) is -6.12. The lowest BCUT2D eigenvalue weighted by Gasteiger charge is -2.27. The van der Waals surface area contributed by atoms with E-state index in [0.29, 0.717) is 6.21 Å². The van der Waals surface area contributed by atoms with Crippen LogP contribution in [0.3, 0.4) is 0 Å². The number of oxime groups is 1. The van der Waals surface area contributed by atoms with Gasteiger partial charge in [0.15, 0.2) is 18.4 Å². The summed E-state index contributed by atoms with van der Waals surface area (Å²) in [5.41, 5.74) is -0.444. The van der Waals surface area contributed by atoms with Gasteiger partial charge >= 0.3 is 11.9 Å². The van der Waals surface area contributed by atoms with Crippen molar-refractivity contribution in [2.75, 3.05) is 13.7 Å². The second kappa shape index (κ2) is 16.0. The van der Waals surface area contributed by atoms with Crippen LogP contribution in [0.25, 0.3) is 0 Å². The van der Waals surface area contributed by atoms with Crippen molar-refractivity contribution in [3.8, 4) is 0 Å². The molecule has 0 saturated heterocycles. The molecule has 0 aromatic heterocycles. The summed E-state index contributed by atoms with van der Waals surface area (Å²) < 4.78 is 58.2. The van der Waals surface area contributed by atoms with E-state index in [9.17, 15) is 18.0 Å². The molecular weight excluding hydrogens is 754 g/mol. The fourth-order valence-corrected chi connectivity index (χ4v) is 6.39. The molecular formula is C26H17Cl7FNO8S. The Morgan fingerprint density at radius 3 is 1.91 bits per heavy atom. The van der Waals surface area contributed by atoms with Crippen LogP contribution in [0.5, 0.6) is 0 Å². The summed E-state index contributed by atoms with van der Waals surface area (Å²) in [5.74, 6) is -2.31. The van der Waals surface area contributed by atoms with Crippen molar-refractivity contribution in [3.63, 3.8) is 0 Å². The van der Waals surface area contributed by atoms with Gasteiger partial charge in [-0.25, -0.2) is 14.0 Å². The first-order chi connectivity index (χ1) is 20.6. The van der Waals surface area contributed by atoms with E-state index in [0.717, 1.165) is 19.2 Å². The van der Waals surface area contributed by atoms with Crippen LogP contribution in [0, 0.1) is 0 Å². The predicted octanol–water partition coefficient (Wildman–Crippen LogP) is 8.39. The van der Waals surface area contributed by atoms with E-state index < -0.39 is 57.0 Å². The highest BCUT2D eigenvalue weighted by Crippen LogP contribution is 2.34. The first kappa shape index (κ1) is 36.4. The lowest BCUT2D eigenvalue weighted by atomic mass is 10.1. The van der Waals surface area contributed by atoms with Gasteiger partial charge < -0.3 is 14.3 Å². The van der Waals surface area contributed by atoms with E-state index in [4.69, 9.17) is 94.9 Å². The molecule has 0 aliphatic carbocycles. The number of alkyl halides is 1. The van der Waals surface area contributed by atoms with E-state index in [1.807, 2.05) is 0 Å². The lowest BCUT2D eigenvalue weighted by molar-refractivity contribution is -0.0478. The maximum Gasteiger partial charge on any atom is 0.340 e. The van der Waals surface area contributed by atoms with E-state index in [2.05, 4.69) is 9.99 Å². The molecule has 44 heavy (non-hydrogen) atoms. The standard InChI is InChI=1S/C26H17Cl7FNO8S/c1-40-35-10-21(34)24(42-26(37)15-5-3-13(28)7-17(15)30)22(11-41-25(36)14-4-2-12(27)6-16(14)29)43-44(38,39)23-9-19(32)18(31)8-20(23)33/h2-10,21-22,24H,11H2,1H3/b35-10-/t21-,22-,24+/m1/s1. The monoisotopic (exact) mass is 767 g/mol. The Bertz CT molecular complexity index is 1690. The number of hydrogen-bond acceptors (Lipinski definition) is 9. The Hall–Kier alpha value is -2.06. The predicted molar refractivity (Wildman–Crippen MR) is 166 cm³/mol. The largest absolute Gasteiger partial charge is 0.459 e. The van der Waals surface area contributed by atoms with Crippen LogP contribution < -0.4 is 0 Å². The van der Waals surface area contributed by atoms with Gasteiger partial charge in [-0.2, -0.15) is 8.42 Å². The Morgan fingerprint density at radius 2 is 1.36 bits per heavy atom. The van der Waals surface area contributed by atoms with Gasteiger partial charge in [0.05, 0.1) is 42.5 Å². The second-order valence-corrected chi connectivity index (χ2v) is 12.8. The molecule has 3 aromatic carbocycles. The molecule has 0 unspecified atom stereocenters. The quantitative estimate of drug-likeness (QED) is 0.0593. The molecule has 18 heteroatoms. The Balaban J connectivity index is 2.06. The van der Waals surface area contributed by atoms with Gasteiger partial charge in [-0.1, -0.05) is 86.4 Å². The van der Waals surface area contributed by atoms with Crippen LogP contribution in [-0.2, 0) is 28.6 Å². The van der Waals surface area contributed by atoms with Gasteiger partial charge in [0.2, 0.25) is 0 Å². The molecule has 0 fully saturated rings. The third-order valence-electron chi connectivity index (χ3n) is 5.41. The third kappa shape index (κ3) is 9.48. The highest BCUT2D eigenvalue weighted by molar-refractivity contribution is 7.87. The van der Waals surface area contributed by atoms with Gasteiger partial charge in [-0.3, -0.25) is 4.18 Å². The number of rotatable bonds is 12. The Kier molecular flexibility index (Phi) is 13.2. The van der Waals surface area contributed by atoms with Crippen LogP contribution >= 0.6 is 81.2 Å². The first-order valence-electron chi connectivity index (χ1n) is 11.7. The summed E-state index contributed by atoms with van der Waals surface area (Å²) in [7, 11) is -3.86. The Morgan fingerprint density at radius 1 is 0.818 bits per heavy atom. The number of nitrogens with zero attached hydrogens (tertiary/aromatic N) is 1. The number of carbonyl (C=O) groups excluding carboxylic acids is 2. The summed E-state index contributed by atoms with van der Waals surface area (Å²) in [5, 5.41) is 2.72. The molecule has 0 saturated carbocycles. The smallest absolute Gasteiger partial charge is 0.340 e. The molecule has 9 nitrogen and oxygen atoms in total. The first-order valence-corrected chi connectivity index (χ1v) is 15.8. The van der Waals surface area contributed by atoms with Crippen LogP contribution in [0.1, 0.15) is 20.7 Å². The summed E-state index contributed by atoms with van der Waals surface area (Å²) in [6.45, 7) is -1.02. The average molecular weight is 771 g/mol.